The lowest BCUT2D eigenvalue weighted by Gasteiger charge is -2.26. The second-order valence-electron chi connectivity index (χ2n) is 6.94. The van der Waals surface area contributed by atoms with Gasteiger partial charge in [0, 0.05) is 24.3 Å². The van der Waals surface area contributed by atoms with Crippen LogP contribution in [0.1, 0.15) is 10.4 Å². The van der Waals surface area contributed by atoms with Gasteiger partial charge in [0.2, 0.25) is 10.0 Å². The third kappa shape index (κ3) is 5.11. The van der Waals surface area contributed by atoms with Crippen LogP contribution >= 0.6 is 0 Å². The van der Waals surface area contributed by atoms with Gasteiger partial charge in [-0.25, -0.2) is 8.42 Å². The number of nitrogens with zero attached hydrogens (tertiary/aromatic N) is 1. The topological polar surface area (TPSA) is 84.9 Å². The predicted octanol–water partition coefficient (Wildman–Crippen LogP) is 3.75. The molecule has 0 bridgehead atoms. The van der Waals surface area contributed by atoms with Crippen molar-refractivity contribution in [1.82, 2.24) is 4.31 Å². The molecule has 0 atom stereocenters. The highest BCUT2D eigenvalue weighted by atomic mass is 32.2. The van der Waals surface area contributed by atoms with Crippen molar-refractivity contribution >= 4 is 21.6 Å². The number of para-hydroxylation sites is 1. The molecule has 1 saturated heterocycles. The molecule has 0 spiro atoms. The largest absolute Gasteiger partial charge is 0.457 e. The van der Waals surface area contributed by atoms with Gasteiger partial charge in [-0.3, -0.25) is 4.79 Å². The van der Waals surface area contributed by atoms with E-state index in [4.69, 9.17) is 9.47 Å². The molecule has 0 radical (unpaired) electrons. The molecule has 3 aromatic rings. The molecule has 0 saturated carbocycles. The standard InChI is InChI=1S/C23H22N2O5S/c26-23(18-6-4-10-21(16-18)30-20-8-2-1-3-9-20)24-19-7-5-11-22(17-19)31(27,28)25-12-14-29-15-13-25/h1-11,16-17H,12-15H2,(H,24,26). The fourth-order valence-electron chi connectivity index (χ4n) is 3.20. The number of amides is 1. The van der Waals surface area contributed by atoms with Gasteiger partial charge in [0.15, 0.2) is 0 Å². The van der Waals surface area contributed by atoms with Gasteiger partial charge >= 0.3 is 0 Å². The van der Waals surface area contributed by atoms with E-state index in [2.05, 4.69) is 5.32 Å². The lowest BCUT2D eigenvalue weighted by molar-refractivity contribution is 0.0730. The van der Waals surface area contributed by atoms with E-state index in [1.54, 1.807) is 36.4 Å². The van der Waals surface area contributed by atoms with Gasteiger partial charge in [-0.15, -0.1) is 0 Å². The van der Waals surface area contributed by atoms with Gasteiger partial charge in [-0.1, -0.05) is 30.3 Å². The maximum atomic E-state index is 12.9. The highest BCUT2D eigenvalue weighted by Gasteiger charge is 2.26. The first-order valence-corrected chi connectivity index (χ1v) is 11.3. The number of hydrogen-bond donors (Lipinski definition) is 1. The number of ether oxygens (including phenoxy) is 2. The van der Waals surface area contributed by atoms with Crippen LogP contribution in [0.15, 0.2) is 83.8 Å². The molecular weight excluding hydrogens is 416 g/mol. The summed E-state index contributed by atoms with van der Waals surface area (Å²) in [6.07, 6.45) is 0. The second-order valence-corrected chi connectivity index (χ2v) is 8.88. The normalized spacial score (nSPS) is 14.7. The number of rotatable bonds is 6. The highest BCUT2D eigenvalue weighted by molar-refractivity contribution is 7.89. The molecule has 0 aliphatic carbocycles. The molecule has 1 aliphatic heterocycles. The van der Waals surface area contributed by atoms with Crippen LogP contribution in [0.5, 0.6) is 11.5 Å². The average Bonchev–Trinajstić information content (AvgIpc) is 2.81. The predicted molar refractivity (Wildman–Crippen MR) is 117 cm³/mol. The van der Waals surface area contributed by atoms with Crippen molar-refractivity contribution in [3.8, 4) is 11.5 Å². The first-order chi connectivity index (χ1) is 15.0. The Bertz CT molecular complexity index is 1160. The number of morpholine rings is 1. The fourth-order valence-corrected chi connectivity index (χ4v) is 4.65. The minimum Gasteiger partial charge on any atom is -0.457 e. The number of sulfonamides is 1. The van der Waals surface area contributed by atoms with Crippen molar-refractivity contribution in [2.45, 2.75) is 4.90 Å². The Hall–Kier alpha value is -3.20. The molecule has 8 heteroatoms. The van der Waals surface area contributed by atoms with Gasteiger partial charge in [-0.05, 0) is 48.5 Å². The quantitative estimate of drug-likeness (QED) is 0.634. The summed E-state index contributed by atoms with van der Waals surface area (Å²) in [7, 11) is -3.64. The lowest BCUT2D eigenvalue weighted by Crippen LogP contribution is -2.40. The van der Waals surface area contributed by atoms with Crippen LogP contribution in [0.4, 0.5) is 5.69 Å². The van der Waals surface area contributed by atoms with Gasteiger partial charge < -0.3 is 14.8 Å². The van der Waals surface area contributed by atoms with Crippen LogP contribution in [-0.4, -0.2) is 44.9 Å². The average molecular weight is 439 g/mol. The molecule has 0 unspecified atom stereocenters. The van der Waals surface area contributed by atoms with Crippen LogP contribution in [-0.2, 0) is 14.8 Å². The van der Waals surface area contributed by atoms with Crippen molar-refractivity contribution in [2.75, 3.05) is 31.6 Å². The summed E-state index contributed by atoms with van der Waals surface area (Å²) in [5, 5.41) is 2.76. The number of anilines is 1. The first-order valence-electron chi connectivity index (χ1n) is 9.85. The van der Waals surface area contributed by atoms with Crippen molar-refractivity contribution in [3.63, 3.8) is 0 Å². The zero-order valence-electron chi connectivity index (χ0n) is 16.7. The number of nitrogens with one attached hydrogen (secondary N) is 1. The maximum Gasteiger partial charge on any atom is 0.255 e. The Kier molecular flexibility index (Phi) is 6.31. The summed E-state index contributed by atoms with van der Waals surface area (Å²) >= 11 is 0. The van der Waals surface area contributed by atoms with Crippen molar-refractivity contribution in [2.24, 2.45) is 0 Å². The van der Waals surface area contributed by atoms with E-state index < -0.39 is 10.0 Å². The first kappa shape index (κ1) is 21.0. The van der Waals surface area contributed by atoms with Gasteiger partial charge in [0.25, 0.3) is 5.91 Å². The molecule has 4 rings (SSSR count). The summed E-state index contributed by atoms with van der Waals surface area (Å²) in [5.74, 6) is 0.836. The van der Waals surface area contributed by atoms with E-state index in [-0.39, 0.29) is 10.8 Å². The summed E-state index contributed by atoms with van der Waals surface area (Å²) < 4.78 is 38.1. The van der Waals surface area contributed by atoms with Crippen LogP contribution < -0.4 is 10.1 Å². The monoisotopic (exact) mass is 438 g/mol. The molecule has 1 heterocycles. The van der Waals surface area contributed by atoms with Gasteiger partial charge in [0.1, 0.15) is 11.5 Å². The SMILES string of the molecule is O=C(Nc1cccc(S(=O)(=O)N2CCOCC2)c1)c1cccc(Oc2ccccc2)c1. The lowest BCUT2D eigenvalue weighted by atomic mass is 10.2. The molecule has 1 aliphatic rings. The number of hydrogen-bond acceptors (Lipinski definition) is 5. The van der Waals surface area contributed by atoms with Crippen LogP contribution in [0.3, 0.4) is 0 Å². The fraction of sp³-hybridized carbons (Fsp3) is 0.174. The number of benzene rings is 3. The smallest absolute Gasteiger partial charge is 0.255 e. The van der Waals surface area contributed by atoms with Crippen molar-refractivity contribution < 1.29 is 22.7 Å². The van der Waals surface area contributed by atoms with Gasteiger partial charge in [-0.2, -0.15) is 4.31 Å². The highest BCUT2D eigenvalue weighted by Crippen LogP contribution is 2.24. The van der Waals surface area contributed by atoms with Crippen molar-refractivity contribution in [3.05, 3.63) is 84.4 Å². The van der Waals surface area contributed by atoms with E-state index in [1.807, 2.05) is 30.3 Å². The third-order valence-corrected chi connectivity index (χ3v) is 6.67. The molecule has 1 amide bonds. The summed E-state index contributed by atoms with van der Waals surface area (Å²) in [4.78, 5) is 12.9. The zero-order chi connectivity index (χ0) is 21.7. The van der Waals surface area contributed by atoms with E-state index >= 15 is 0 Å². The third-order valence-electron chi connectivity index (χ3n) is 4.77. The van der Waals surface area contributed by atoms with Crippen molar-refractivity contribution in [1.29, 1.82) is 0 Å². The molecule has 1 N–H and O–H groups in total. The van der Waals surface area contributed by atoms with Crippen LogP contribution in [0, 0.1) is 0 Å². The Morgan fingerprint density at radius 3 is 2.35 bits per heavy atom. The Labute approximate surface area is 181 Å². The van der Waals surface area contributed by atoms with Crippen LogP contribution in [0.2, 0.25) is 0 Å². The van der Waals surface area contributed by atoms with E-state index in [1.165, 1.54) is 16.4 Å². The zero-order valence-corrected chi connectivity index (χ0v) is 17.5. The van der Waals surface area contributed by atoms with E-state index in [9.17, 15) is 13.2 Å². The Morgan fingerprint density at radius 1 is 0.871 bits per heavy atom. The molecule has 1 fully saturated rings. The maximum absolute atomic E-state index is 12.9. The number of carbonyl (C=O) groups excluding carboxylic acids is 1. The molecular formula is C23H22N2O5S. The minimum atomic E-state index is -3.64. The second kappa shape index (κ2) is 9.30. The molecule has 7 nitrogen and oxygen atoms in total. The van der Waals surface area contributed by atoms with Gasteiger partial charge in [0.05, 0.1) is 18.1 Å². The molecule has 0 aromatic heterocycles. The summed E-state index contributed by atoms with van der Waals surface area (Å²) in [6.45, 7) is 1.37. The number of carbonyl (C=O) groups is 1. The summed E-state index contributed by atoms with van der Waals surface area (Å²) in [5.41, 5.74) is 0.795. The van der Waals surface area contributed by atoms with E-state index in [0.717, 1.165) is 0 Å². The van der Waals surface area contributed by atoms with Crippen LogP contribution in [0.25, 0.3) is 0 Å². The Morgan fingerprint density at radius 2 is 1.58 bits per heavy atom. The minimum absolute atomic E-state index is 0.133. The Balaban J connectivity index is 1.49. The molecule has 3 aromatic carbocycles. The molecule has 31 heavy (non-hydrogen) atoms. The molecule has 160 valence electrons. The van der Waals surface area contributed by atoms with E-state index in [0.29, 0.717) is 49.1 Å². The summed E-state index contributed by atoms with van der Waals surface area (Å²) in [6, 6.07) is 22.3.